The Labute approximate surface area is 119 Å². The van der Waals surface area contributed by atoms with Crippen LogP contribution in [0, 0.1) is 0 Å². The Kier molecular flexibility index (Phi) is 4.84. The Morgan fingerprint density at radius 1 is 1.47 bits per heavy atom. The fourth-order valence-corrected chi connectivity index (χ4v) is 4.00. The summed E-state index contributed by atoms with van der Waals surface area (Å²) in [5, 5.41) is 0. The zero-order valence-electron chi connectivity index (χ0n) is 10.9. The smallest absolute Gasteiger partial charge is 0.243 e. The summed E-state index contributed by atoms with van der Waals surface area (Å²) < 4.78 is 31.9. The van der Waals surface area contributed by atoms with Crippen molar-refractivity contribution in [1.29, 1.82) is 0 Å². The van der Waals surface area contributed by atoms with Crippen molar-refractivity contribution in [2.75, 3.05) is 20.2 Å². The molecule has 1 aromatic carbocycles. The molecule has 1 fully saturated rings. The summed E-state index contributed by atoms with van der Waals surface area (Å²) in [6, 6.07) is 6.79. The van der Waals surface area contributed by atoms with Crippen LogP contribution in [0.3, 0.4) is 0 Å². The van der Waals surface area contributed by atoms with Crippen molar-refractivity contribution in [3.8, 4) is 0 Å². The maximum atomic E-state index is 12.5. The summed E-state index contributed by atoms with van der Waals surface area (Å²) in [6.45, 7) is 0.969. The number of hydrogen-bond acceptors (Lipinski definition) is 3. The van der Waals surface area contributed by atoms with Crippen LogP contribution in [0.2, 0.25) is 0 Å². The van der Waals surface area contributed by atoms with E-state index in [9.17, 15) is 8.42 Å². The molecule has 1 aliphatic heterocycles. The van der Waals surface area contributed by atoms with Gasteiger partial charge in [0.2, 0.25) is 10.0 Å². The van der Waals surface area contributed by atoms with Gasteiger partial charge in [0.05, 0.1) is 11.0 Å². The standard InChI is InChI=1S/C13H18ClNO3S/c1-18-12-5-3-7-15(10-12)19(16,17)13-6-2-4-11(8-13)9-14/h2,4,6,8,12H,3,5,7,9-10H2,1H3. The molecule has 1 unspecified atom stereocenters. The van der Waals surface area contributed by atoms with Crippen LogP contribution in [0.4, 0.5) is 0 Å². The van der Waals surface area contributed by atoms with E-state index in [4.69, 9.17) is 16.3 Å². The predicted molar refractivity (Wildman–Crippen MR) is 74.8 cm³/mol. The number of piperidine rings is 1. The van der Waals surface area contributed by atoms with Crippen molar-refractivity contribution in [2.24, 2.45) is 0 Å². The van der Waals surface area contributed by atoms with Gasteiger partial charge in [-0.05, 0) is 30.5 Å². The van der Waals surface area contributed by atoms with Crippen LogP contribution >= 0.6 is 11.6 Å². The highest BCUT2D eigenvalue weighted by molar-refractivity contribution is 7.89. The summed E-state index contributed by atoms with van der Waals surface area (Å²) in [5.41, 5.74) is 0.808. The molecule has 1 aliphatic rings. The van der Waals surface area contributed by atoms with Crippen LogP contribution in [0.25, 0.3) is 0 Å². The number of nitrogens with zero attached hydrogens (tertiary/aromatic N) is 1. The molecule has 2 rings (SSSR count). The minimum atomic E-state index is -3.44. The molecular formula is C13H18ClNO3S. The molecule has 1 saturated heterocycles. The fourth-order valence-electron chi connectivity index (χ4n) is 2.25. The van der Waals surface area contributed by atoms with Crippen LogP contribution in [0.5, 0.6) is 0 Å². The topological polar surface area (TPSA) is 46.6 Å². The highest BCUT2D eigenvalue weighted by Gasteiger charge is 2.30. The molecule has 4 nitrogen and oxygen atoms in total. The number of methoxy groups -OCH3 is 1. The molecule has 1 heterocycles. The van der Waals surface area contributed by atoms with E-state index in [0.717, 1.165) is 18.4 Å². The van der Waals surface area contributed by atoms with Crippen LogP contribution in [0.1, 0.15) is 18.4 Å². The highest BCUT2D eigenvalue weighted by atomic mass is 35.5. The predicted octanol–water partition coefficient (Wildman–Crippen LogP) is 2.22. The Balaban J connectivity index is 2.25. The first-order valence-corrected chi connectivity index (χ1v) is 8.23. The minimum Gasteiger partial charge on any atom is -0.380 e. The molecule has 0 saturated carbocycles. The summed E-state index contributed by atoms with van der Waals surface area (Å²) in [4.78, 5) is 0.308. The van der Waals surface area contributed by atoms with Crippen molar-refractivity contribution in [1.82, 2.24) is 4.31 Å². The molecule has 0 bridgehead atoms. The SMILES string of the molecule is COC1CCCN(S(=O)(=O)c2cccc(CCl)c2)C1. The number of halogens is 1. The summed E-state index contributed by atoms with van der Waals surface area (Å²) in [5.74, 6) is 0.310. The van der Waals surface area contributed by atoms with E-state index in [2.05, 4.69) is 0 Å². The van der Waals surface area contributed by atoms with Crippen LogP contribution in [0.15, 0.2) is 29.2 Å². The Bertz CT molecular complexity index is 532. The summed E-state index contributed by atoms with van der Waals surface area (Å²) >= 11 is 5.75. The van der Waals surface area contributed by atoms with E-state index >= 15 is 0 Å². The summed E-state index contributed by atoms with van der Waals surface area (Å²) in [6.07, 6.45) is 1.72. The van der Waals surface area contributed by atoms with E-state index in [0.29, 0.717) is 23.9 Å². The number of rotatable bonds is 4. The first kappa shape index (κ1) is 14.8. The zero-order valence-corrected chi connectivity index (χ0v) is 12.5. The normalized spacial score (nSPS) is 21.5. The van der Waals surface area contributed by atoms with Crippen molar-refractivity contribution in [3.63, 3.8) is 0 Å². The largest absolute Gasteiger partial charge is 0.380 e. The van der Waals surface area contributed by atoms with Gasteiger partial charge in [-0.2, -0.15) is 4.31 Å². The van der Waals surface area contributed by atoms with Gasteiger partial charge in [0.15, 0.2) is 0 Å². The molecular weight excluding hydrogens is 286 g/mol. The van der Waals surface area contributed by atoms with Gasteiger partial charge < -0.3 is 4.74 Å². The van der Waals surface area contributed by atoms with Crippen molar-refractivity contribution >= 4 is 21.6 Å². The van der Waals surface area contributed by atoms with Gasteiger partial charge >= 0.3 is 0 Å². The lowest BCUT2D eigenvalue weighted by Crippen LogP contribution is -2.42. The van der Waals surface area contributed by atoms with Crippen LogP contribution < -0.4 is 0 Å². The van der Waals surface area contributed by atoms with Crippen molar-refractivity contribution in [3.05, 3.63) is 29.8 Å². The second-order valence-electron chi connectivity index (χ2n) is 4.64. The average molecular weight is 304 g/mol. The van der Waals surface area contributed by atoms with Gasteiger partial charge in [-0.25, -0.2) is 8.42 Å². The lowest BCUT2D eigenvalue weighted by Gasteiger charge is -2.31. The maximum absolute atomic E-state index is 12.5. The molecule has 0 amide bonds. The average Bonchev–Trinajstić information content (AvgIpc) is 2.47. The quantitative estimate of drug-likeness (QED) is 0.801. The van der Waals surface area contributed by atoms with Crippen LogP contribution in [-0.4, -0.2) is 39.0 Å². The van der Waals surface area contributed by atoms with Gasteiger partial charge in [-0.3, -0.25) is 0 Å². The second kappa shape index (κ2) is 6.22. The first-order chi connectivity index (χ1) is 9.07. The third-order valence-electron chi connectivity index (χ3n) is 3.36. The molecule has 0 aliphatic carbocycles. The number of ether oxygens (including phenoxy) is 1. The van der Waals surface area contributed by atoms with Gasteiger partial charge in [0, 0.05) is 26.1 Å². The van der Waals surface area contributed by atoms with Crippen molar-refractivity contribution < 1.29 is 13.2 Å². The number of benzene rings is 1. The Morgan fingerprint density at radius 2 is 2.26 bits per heavy atom. The lowest BCUT2D eigenvalue weighted by atomic mass is 10.1. The van der Waals surface area contributed by atoms with E-state index in [1.165, 1.54) is 4.31 Å². The Morgan fingerprint density at radius 3 is 2.95 bits per heavy atom. The molecule has 19 heavy (non-hydrogen) atoms. The van der Waals surface area contributed by atoms with Gasteiger partial charge in [0.25, 0.3) is 0 Å². The first-order valence-electron chi connectivity index (χ1n) is 6.26. The minimum absolute atomic E-state index is 0.0141. The molecule has 0 radical (unpaired) electrons. The van der Waals surface area contributed by atoms with E-state index in [1.807, 2.05) is 6.07 Å². The molecule has 6 heteroatoms. The van der Waals surface area contributed by atoms with Crippen LogP contribution in [-0.2, 0) is 20.6 Å². The zero-order chi connectivity index (χ0) is 13.9. The van der Waals surface area contributed by atoms with E-state index in [-0.39, 0.29) is 6.10 Å². The number of hydrogen-bond donors (Lipinski definition) is 0. The molecule has 0 aromatic heterocycles. The maximum Gasteiger partial charge on any atom is 0.243 e. The monoisotopic (exact) mass is 303 g/mol. The van der Waals surface area contributed by atoms with Gasteiger partial charge in [-0.1, -0.05) is 12.1 Å². The van der Waals surface area contributed by atoms with E-state index in [1.54, 1.807) is 25.3 Å². The second-order valence-corrected chi connectivity index (χ2v) is 6.85. The van der Waals surface area contributed by atoms with E-state index < -0.39 is 10.0 Å². The van der Waals surface area contributed by atoms with Gasteiger partial charge in [-0.15, -0.1) is 11.6 Å². The number of sulfonamides is 1. The third kappa shape index (κ3) is 3.28. The third-order valence-corrected chi connectivity index (χ3v) is 5.53. The highest BCUT2D eigenvalue weighted by Crippen LogP contribution is 2.22. The Hall–Kier alpha value is -0.620. The van der Waals surface area contributed by atoms with Crippen molar-refractivity contribution in [2.45, 2.75) is 29.7 Å². The number of alkyl halides is 1. The summed E-state index contributed by atoms with van der Waals surface area (Å²) in [7, 11) is -1.82. The molecule has 0 N–H and O–H groups in total. The molecule has 0 spiro atoms. The molecule has 106 valence electrons. The van der Waals surface area contributed by atoms with Gasteiger partial charge in [0.1, 0.15) is 0 Å². The molecule has 1 atom stereocenters. The fraction of sp³-hybridized carbons (Fsp3) is 0.538. The molecule has 1 aromatic rings. The lowest BCUT2D eigenvalue weighted by molar-refractivity contribution is 0.0572.